The number of methoxy groups -OCH3 is 1. The van der Waals surface area contributed by atoms with Crippen LogP contribution in [0.5, 0.6) is 5.75 Å². The van der Waals surface area contributed by atoms with Crippen molar-refractivity contribution >= 4 is 40.9 Å². The van der Waals surface area contributed by atoms with E-state index in [1.165, 1.54) is 11.8 Å². The Labute approximate surface area is 202 Å². The van der Waals surface area contributed by atoms with Crippen molar-refractivity contribution in [1.82, 2.24) is 20.1 Å². The Kier molecular flexibility index (Phi) is 8.35. The predicted octanol–water partition coefficient (Wildman–Crippen LogP) is 4.34. The summed E-state index contributed by atoms with van der Waals surface area (Å²) in [4.78, 5) is 25.1. The van der Waals surface area contributed by atoms with E-state index in [4.69, 9.17) is 16.3 Å². The molecule has 0 bridgehead atoms. The second-order valence-electron chi connectivity index (χ2n) is 7.67. The van der Waals surface area contributed by atoms with Gasteiger partial charge in [-0.25, -0.2) is 0 Å². The molecule has 1 aromatic heterocycles. The summed E-state index contributed by atoms with van der Waals surface area (Å²) in [5.41, 5.74) is 1.20. The van der Waals surface area contributed by atoms with Gasteiger partial charge >= 0.3 is 0 Å². The first-order valence-corrected chi connectivity index (χ1v) is 11.7. The highest BCUT2D eigenvalue weighted by Crippen LogP contribution is 2.25. The molecule has 1 atom stereocenters. The van der Waals surface area contributed by atoms with Crippen molar-refractivity contribution < 1.29 is 14.3 Å². The summed E-state index contributed by atoms with van der Waals surface area (Å²) in [6.45, 7) is 3.99. The van der Waals surface area contributed by atoms with Gasteiger partial charge in [0.2, 0.25) is 5.91 Å². The number of anilines is 1. The van der Waals surface area contributed by atoms with Gasteiger partial charge in [0.05, 0.1) is 18.9 Å². The number of nitrogens with one attached hydrogen (secondary N) is 2. The first-order chi connectivity index (χ1) is 15.8. The summed E-state index contributed by atoms with van der Waals surface area (Å²) < 4.78 is 6.92. The normalized spacial score (nSPS) is 11.8. The predicted molar refractivity (Wildman–Crippen MR) is 130 cm³/mol. The summed E-state index contributed by atoms with van der Waals surface area (Å²) in [6, 6.07) is 13.5. The molecule has 10 heteroatoms. The molecule has 0 aliphatic carbocycles. The quantitative estimate of drug-likeness (QED) is 0.436. The molecule has 0 unspecified atom stereocenters. The fourth-order valence-corrected chi connectivity index (χ4v) is 3.92. The first kappa shape index (κ1) is 24.6. The molecule has 1 heterocycles. The Morgan fingerprint density at radius 1 is 1.09 bits per heavy atom. The van der Waals surface area contributed by atoms with Crippen LogP contribution in [0.1, 0.15) is 36.1 Å². The van der Waals surface area contributed by atoms with Gasteiger partial charge in [0.1, 0.15) is 5.75 Å². The number of ether oxygens (including phenoxy) is 1. The van der Waals surface area contributed by atoms with Crippen LogP contribution < -0.4 is 15.4 Å². The number of amides is 2. The summed E-state index contributed by atoms with van der Waals surface area (Å²) in [5, 5.41) is 15.5. The molecular weight excluding hydrogens is 462 g/mol. The molecule has 2 amide bonds. The van der Waals surface area contributed by atoms with E-state index < -0.39 is 0 Å². The Morgan fingerprint density at radius 3 is 2.36 bits per heavy atom. The average molecular weight is 488 g/mol. The van der Waals surface area contributed by atoms with Crippen LogP contribution in [0, 0.1) is 5.92 Å². The number of aromatic nitrogens is 3. The number of carbonyl (C=O) groups is 2. The fraction of sp³-hybridized carbons (Fsp3) is 0.304. The van der Waals surface area contributed by atoms with Gasteiger partial charge in [-0.2, -0.15) is 0 Å². The van der Waals surface area contributed by atoms with Crippen LogP contribution in [0.3, 0.4) is 0 Å². The van der Waals surface area contributed by atoms with Crippen molar-refractivity contribution in [2.45, 2.75) is 25.0 Å². The summed E-state index contributed by atoms with van der Waals surface area (Å²) >= 11 is 7.19. The van der Waals surface area contributed by atoms with Crippen LogP contribution in [0.4, 0.5) is 5.69 Å². The van der Waals surface area contributed by atoms with E-state index in [1.54, 1.807) is 60.2 Å². The number of carbonyl (C=O) groups excluding carboxylic acids is 2. The maximum absolute atomic E-state index is 12.7. The second-order valence-corrected chi connectivity index (χ2v) is 9.05. The van der Waals surface area contributed by atoms with Gasteiger partial charge in [0, 0.05) is 23.3 Å². The van der Waals surface area contributed by atoms with Crippen LogP contribution in [0.15, 0.2) is 53.7 Å². The molecule has 0 aliphatic heterocycles. The largest absolute Gasteiger partial charge is 0.497 e. The van der Waals surface area contributed by atoms with Crippen molar-refractivity contribution in [3.63, 3.8) is 0 Å². The highest BCUT2D eigenvalue weighted by Gasteiger charge is 2.25. The summed E-state index contributed by atoms with van der Waals surface area (Å²) in [7, 11) is 3.41. The van der Waals surface area contributed by atoms with Crippen molar-refractivity contribution in [2.75, 3.05) is 18.2 Å². The second kappa shape index (κ2) is 11.2. The number of hydrogen-bond acceptors (Lipinski definition) is 6. The minimum atomic E-state index is -0.354. The Morgan fingerprint density at radius 2 is 1.76 bits per heavy atom. The number of rotatable bonds is 9. The molecule has 33 heavy (non-hydrogen) atoms. The zero-order valence-electron chi connectivity index (χ0n) is 18.8. The minimum Gasteiger partial charge on any atom is -0.497 e. The monoisotopic (exact) mass is 487 g/mol. The molecule has 3 rings (SSSR count). The summed E-state index contributed by atoms with van der Waals surface area (Å²) in [5.74, 6) is 1.19. The van der Waals surface area contributed by atoms with Crippen LogP contribution >= 0.6 is 23.4 Å². The zero-order chi connectivity index (χ0) is 24.0. The van der Waals surface area contributed by atoms with Crippen molar-refractivity contribution in [1.29, 1.82) is 0 Å². The third-order valence-electron chi connectivity index (χ3n) is 4.91. The van der Waals surface area contributed by atoms with E-state index in [1.807, 2.05) is 20.9 Å². The number of halogens is 1. The van der Waals surface area contributed by atoms with Gasteiger partial charge < -0.3 is 19.9 Å². The molecule has 0 aliphatic rings. The first-order valence-electron chi connectivity index (χ1n) is 10.3. The lowest BCUT2D eigenvalue weighted by molar-refractivity contribution is -0.113. The Balaban J connectivity index is 1.63. The van der Waals surface area contributed by atoms with E-state index >= 15 is 0 Å². The van der Waals surface area contributed by atoms with Crippen LogP contribution in [0.25, 0.3) is 0 Å². The lowest BCUT2D eigenvalue weighted by Crippen LogP contribution is -2.33. The number of nitrogens with zero attached hydrogens (tertiary/aromatic N) is 3. The molecule has 2 N–H and O–H groups in total. The van der Waals surface area contributed by atoms with E-state index in [0.717, 1.165) is 5.75 Å². The molecule has 8 nitrogen and oxygen atoms in total. The highest BCUT2D eigenvalue weighted by molar-refractivity contribution is 7.99. The lowest BCUT2D eigenvalue weighted by atomic mass is 10.0. The van der Waals surface area contributed by atoms with Crippen molar-refractivity contribution in [3.05, 3.63) is 64.9 Å². The average Bonchev–Trinajstić information content (AvgIpc) is 3.16. The zero-order valence-corrected chi connectivity index (χ0v) is 20.4. The standard InChI is InChI=1S/C23H26ClN5O3S/c1-14(2)20(26-22(31)15-5-7-16(24)8-6-15)21-27-28-23(29(21)3)33-13-19(30)25-17-9-11-18(32-4)12-10-17/h5-12,14,20H,13H2,1-4H3,(H,25,30)(H,26,31)/t20-/m0/s1. The van der Waals surface area contributed by atoms with Gasteiger partial charge in [0.15, 0.2) is 11.0 Å². The molecule has 174 valence electrons. The van der Waals surface area contributed by atoms with Gasteiger partial charge in [0.25, 0.3) is 5.91 Å². The molecule has 0 fully saturated rings. The highest BCUT2D eigenvalue weighted by atomic mass is 35.5. The molecule has 3 aromatic rings. The topological polar surface area (TPSA) is 98.1 Å². The Bertz CT molecular complexity index is 1100. The van der Waals surface area contributed by atoms with E-state index in [-0.39, 0.29) is 29.5 Å². The van der Waals surface area contributed by atoms with Crippen LogP contribution in [-0.4, -0.2) is 39.4 Å². The maximum Gasteiger partial charge on any atom is 0.251 e. The van der Waals surface area contributed by atoms with Crippen molar-refractivity contribution in [3.8, 4) is 5.75 Å². The maximum atomic E-state index is 12.7. The van der Waals surface area contributed by atoms with E-state index in [2.05, 4.69) is 20.8 Å². The minimum absolute atomic E-state index is 0.0698. The molecule has 0 radical (unpaired) electrons. The van der Waals surface area contributed by atoms with Crippen molar-refractivity contribution in [2.24, 2.45) is 13.0 Å². The number of hydrogen-bond donors (Lipinski definition) is 2. The molecular formula is C23H26ClN5O3S. The van der Waals surface area contributed by atoms with Gasteiger partial charge in [-0.05, 0) is 54.4 Å². The summed E-state index contributed by atoms with van der Waals surface area (Å²) in [6.07, 6.45) is 0. The SMILES string of the molecule is COc1ccc(NC(=O)CSc2nnc([C@@H](NC(=O)c3ccc(Cl)cc3)C(C)C)n2C)cc1. The van der Waals surface area contributed by atoms with Crippen LogP contribution in [0.2, 0.25) is 5.02 Å². The smallest absolute Gasteiger partial charge is 0.251 e. The number of thioether (sulfide) groups is 1. The third-order valence-corrected chi connectivity index (χ3v) is 6.18. The van der Waals surface area contributed by atoms with E-state index in [9.17, 15) is 9.59 Å². The fourth-order valence-electron chi connectivity index (χ4n) is 3.08. The number of benzene rings is 2. The molecule has 0 spiro atoms. The van der Waals surface area contributed by atoms with Gasteiger partial charge in [-0.15, -0.1) is 10.2 Å². The van der Waals surface area contributed by atoms with Gasteiger partial charge in [-0.3, -0.25) is 9.59 Å². The molecule has 0 saturated carbocycles. The van der Waals surface area contributed by atoms with Crippen LogP contribution in [-0.2, 0) is 11.8 Å². The lowest BCUT2D eigenvalue weighted by Gasteiger charge is -2.21. The molecule has 2 aromatic carbocycles. The van der Waals surface area contributed by atoms with E-state index in [0.29, 0.717) is 27.3 Å². The molecule has 0 saturated heterocycles. The van der Waals surface area contributed by atoms with Gasteiger partial charge in [-0.1, -0.05) is 37.2 Å². The third kappa shape index (κ3) is 6.49. The Hall–Kier alpha value is -3.04.